The van der Waals surface area contributed by atoms with Crippen molar-refractivity contribution in [2.75, 3.05) is 0 Å². The second-order valence-electron chi connectivity index (χ2n) is 8.01. The first kappa shape index (κ1) is 12.9. The lowest BCUT2D eigenvalue weighted by Gasteiger charge is -2.50. The fourth-order valence-corrected chi connectivity index (χ4v) is 5.98. The summed E-state index contributed by atoms with van der Waals surface area (Å²) < 4.78 is 0. The smallest absolute Gasteiger partial charge is 0.162 e. The highest BCUT2D eigenvalue weighted by Gasteiger charge is 2.51. The zero-order valence-corrected chi connectivity index (χ0v) is 12.7. The average Bonchev–Trinajstić information content (AvgIpc) is 2.82. The van der Waals surface area contributed by atoms with E-state index in [1.807, 2.05) is 0 Å². The summed E-state index contributed by atoms with van der Waals surface area (Å²) in [4.78, 5) is 11.9. The van der Waals surface area contributed by atoms with Crippen LogP contribution in [0.2, 0.25) is 0 Å². The number of Topliss-reactive ketones (excluding diaryl/α,β-unsaturated/α-hetero) is 1. The predicted octanol–water partition coefficient (Wildman–Crippen LogP) is 4.83. The van der Waals surface area contributed by atoms with Gasteiger partial charge in [-0.05, 0) is 73.7 Å². The number of fused-ring (bicyclic) bond motifs is 4. The maximum atomic E-state index is 11.9. The molecule has 0 radical (unpaired) electrons. The topological polar surface area (TPSA) is 17.1 Å². The Hall–Kier alpha value is -0.850. The van der Waals surface area contributed by atoms with Crippen molar-refractivity contribution in [1.29, 1.82) is 0 Å². The molecule has 0 saturated heterocycles. The third-order valence-corrected chi connectivity index (χ3v) is 7.07. The normalized spacial score (nSPS) is 44.1. The molecular weight excluding hydrogens is 244 g/mol. The Bertz CT molecular complexity index is 512. The van der Waals surface area contributed by atoms with Crippen LogP contribution in [0.25, 0.3) is 0 Å². The van der Waals surface area contributed by atoms with Crippen LogP contribution < -0.4 is 0 Å². The summed E-state index contributed by atoms with van der Waals surface area (Å²) in [6, 6.07) is 0. The third-order valence-electron chi connectivity index (χ3n) is 7.07. The zero-order valence-electron chi connectivity index (χ0n) is 12.7. The lowest BCUT2D eigenvalue weighted by molar-refractivity contribution is -0.115. The Morgan fingerprint density at radius 1 is 1.15 bits per heavy atom. The molecule has 4 aliphatic rings. The molecule has 4 aliphatic carbocycles. The van der Waals surface area contributed by atoms with E-state index in [4.69, 9.17) is 0 Å². The van der Waals surface area contributed by atoms with Gasteiger partial charge in [0.05, 0.1) is 0 Å². The maximum absolute atomic E-state index is 11.9. The molecular formula is C19H26O. The van der Waals surface area contributed by atoms with Gasteiger partial charge in [0.25, 0.3) is 0 Å². The number of allylic oxidation sites excluding steroid dienone is 3. The van der Waals surface area contributed by atoms with Crippen LogP contribution in [0, 0.1) is 23.2 Å². The molecule has 2 fully saturated rings. The molecule has 0 unspecified atom stereocenters. The van der Waals surface area contributed by atoms with Crippen molar-refractivity contribution < 1.29 is 4.79 Å². The molecule has 1 heteroatoms. The third kappa shape index (κ3) is 1.71. The molecule has 2 saturated carbocycles. The minimum Gasteiger partial charge on any atom is -0.294 e. The van der Waals surface area contributed by atoms with Gasteiger partial charge in [0.15, 0.2) is 5.78 Å². The van der Waals surface area contributed by atoms with Crippen molar-refractivity contribution in [3.8, 4) is 0 Å². The van der Waals surface area contributed by atoms with Gasteiger partial charge < -0.3 is 0 Å². The summed E-state index contributed by atoms with van der Waals surface area (Å²) in [6.07, 6.45) is 11.3. The Balaban J connectivity index is 1.67. The summed E-state index contributed by atoms with van der Waals surface area (Å²) in [5.41, 5.74) is 4.68. The van der Waals surface area contributed by atoms with Crippen molar-refractivity contribution >= 4 is 5.78 Å². The minimum absolute atomic E-state index is 0.309. The van der Waals surface area contributed by atoms with E-state index in [1.54, 1.807) is 5.57 Å². The lowest BCUT2D eigenvalue weighted by atomic mass is 9.54. The van der Waals surface area contributed by atoms with Gasteiger partial charge in [-0.15, -0.1) is 0 Å². The first-order valence-electron chi connectivity index (χ1n) is 8.50. The van der Waals surface area contributed by atoms with Crippen molar-refractivity contribution in [2.24, 2.45) is 23.2 Å². The standard InChI is InChI=1S/C19H26O/c1-12-10-16-13(11-18(12)20)5-6-15-14(16)7-9-19(2)8-3-4-17(15)19/h14-15,17H,1,3-11H2,2H3/t14-,15+,17-,19-/m0/s1. The van der Waals surface area contributed by atoms with E-state index in [9.17, 15) is 4.79 Å². The van der Waals surface area contributed by atoms with Crippen LogP contribution in [0.3, 0.4) is 0 Å². The van der Waals surface area contributed by atoms with Crippen LogP contribution >= 0.6 is 0 Å². The quantitative estimate of drug-likeness (QED) is 0.455. The molecule has 0 spiro atoms. The molecule has 0 aromatic heterocycles. The molecule has 20 heavy (non-hydrogen) atoms. The van der Waals surface area contributed by atoms with Gasteiger partial charge in [-0.2, -0.15) is 0 Å². The second-order valence-corrected chi connectivity index (χ2v) is 8.01. The molecule has 0 aliphatic heterocycles. The first-order valence-corrected chi connectivity index (χ1v) is 8.50. The van der Waals surface area contributed by atoms with Gasteiger partial charge in [-0.25, -0.2) is 0 Å². The molecule has 4 rings (SSSR count). The van der Waals surface area contributed by atoms with Gasteiger partial charge in [0.2, 0.25) is 0 Å². The number of hydrogen-bond donors (Lipinski definition) is 0. The largest absolute Gasteiger partial charge is 0.294 e. The van der Waals surface area contributed by atoms with Crippen LogP contribution in [0.4, 0.5) is 0 Å². The number of carbonyl (C=O) groups is 1. The van der Waals surface area contributed by atoms with E-state index in [0.29, 0.717) is 17.6 Å². The van der Waals surface area contributed by atoms with Crippen LogP contribution in [0.5, 0.6) is 0 Å². The minimum atomic E-state index is 0.309. The molecule has 1 nitrogen and oxygen atoms in total. The number of rotatable bonds is 0. The highest BCUT2D eigenvalue weighted by atomic mass is 16.1. The molecule has 108 valence electrons. The summed E-state index contributed by atoms with van der Waals surface area (Å²) in [5.74, 6) is 2.97. The molecule has 0 N–H and O–H groups in total. The van der Waals surface area contributed by atoms with Crippen LogP contribution in [-0.4, -0.2) is 5.78 Å². The van der Waals surface area contributed by atoms with Gasteiger partial charge >= 0.3 is 0 Å². The SMILES string of the molecule is C=C1CC2=C(CC[C@@H]3[C@@H]2CC[C@]2(C)CCC[C@@H]32)CC1=O. The van der Waals surface area contributed by atoms with Crippen molar-refractivity contribution in [3.63, 3.8) is 0 Å². The monoisotopic (exact) mass is 270 g/mol. The molecule has 0 heterocycles. The molecule has 0 amide bonds. The van der Waals surface area contributed by atoms with E-state index < -0.39 is 0 Å². The summed E-state index contributed by atoms with van der Waals surface area (Å²) in [7, 11) is 0. The Kier molecular flexibility index (Phi) is 2.78. The zero-order chi connectivity index (χ0) is 13.9. The van der Waals surface area contributed by atoms with E-state index in [-0.39, 0.29) is 0 Å². The van der Waals surface area contributed by atoms with Crippen LogP contribution in [0.15, 0.2) is 23.3 Å². The molecule has 0 bridgehead atoms. The second kappa shape index (κ2) is 4.32. The summed E-state index contributed by atoms with van der Waals surface area (Å²) in [5, 5.41) is 0. The Morgan fingerprint density at radius 2 is 2.00 bits per heavy atom. The first-order chi connectivity index (χ1) is 9.58. The number of ketones is 1. The molecule has 0 aromatic carbocycles. The van der Waals surface area contributed by atoms with E-state index >= 15 is 0 Å². The van der Waals surface area contributed by atoms with Crippen LogP contribution in [-0.2, 0) is 4.79 Å². The van der Waals surface area contributed by atoms with Crippen molar-refractivity contribution in [3.05, 3.63) is 23.3 Å². The number of carbonyl (C=O) groups excluding carboxylic acids is 1. The molecule has 4 atom stereocenters. The summed E-state index contributed by atoms with van der Waals surface area (Å²) >= 11 is 0. The van der Waals surface area contributed by atoms with Gasteiger partial charge in [0.1, 0.15) is 0 Å². The van der Waals surface area contributed by atoms with Gasteiger partial charge in [0, 0.05) is 6.42 Å². The lowest BCUT2D eigenvalue weighted by Crippen LogP contribution is -2.41. The fourth-order valence-electron chi connectivity index (χ4n) is 5.98. The number of hydrogen-bond acceptors (Lipinski definition) is 1. The average molecular weight is 270 g/mol. The predicted molar refractivity (Wildman–Crippen MR) is 81.3 cm³/mol. The maximum Gasteiger partial charge on any atom is 0.162 e. The fraction of sp³-hybridized carbons (Fsp3) is 0.737. The van der Waals surface area contributed by atoms with E-state index in [0.717, 1.165) is 29.7 Å². The van der Waals surface area contributed by atoms with E-state index in [1.165, 1.54) is 50.5 Å². The van der Waals surface area contributed by atoms with E-state index in [2.05, 4.69) is 13.5 Å². The molecule has 0 aromatic rings. The Morgan fingerprint density at radius 3 is 2.85 bits per heavy atom. The van der Waals surface area contributed by atoms with Crippen LogP contribution in [0.1, 0.15) is 64.7 Å². The van der Waals surface area contributed by atoms with Crippen molar-refractivity contribution in [1.82, 2.24) is 0 Å². The Labute approximate surface area is 122 Å². The van der Waals surface area contributed by atoms with Crippen molar-refractivity contribution in [2.45, 2.75) is 64.7 Å². The summed E-state index contributed by atoms with van der Waals surface area (Å²) in [6.45, 7) is 6.57. The highest BCUT2D eigenvalue weighted by molar-refractivity contribution is 5.98. The van der Waals surface area contributed by atoms with Gasteiger partial charge in [-0.1, -0.05) is 31.1 Å². The highest BCUT2D eigenvalue weighted by Crippen LogP contribution is 2.61. The van der Waals surface area contributed by atoms with Gasteiger partial charge in [-0.3, -0.25) is 4.79 Å².